The van der Waals surface area contributed by atoms with Gasteiger partial charge in [-0.05, 0) is 30.9 Å². The lowest BCUT2D eigenvalue weighted by Crippen LogP contribution is -2.22. The summed E-state index contributed by atoms with van der Waals surface area (Å²) in [5.74, 6) is 0.783. The second kappa shape index (κ2) is 7.61. The third kappa shape index (κ3) is 5.29. The predicted molar refractivity (Wildman–Crippen MR) is 77.8 cm³/mol. The Bertz CT molecular complexity index is 373. The SMILES string of the molecule is CC(C)NCc1cccc(COCC2CCCC2)n1. The van der Waals surface area contributed by atoms with Crippen molar-refractivity contribution in [3.63, 3.8) is 0 Å². The molecule has 1 heterocycles. The summed E-state index contributed by atoms with van der Waals surface area (Å²) in [4.78, 5) is 4.62. The second-order valence-electron chi connectivity index (χ2n) is 5.82. The van der Waals surface area contributed by atoms with Crippen molar-refractivity contribution in [1.82, 2.24) is 10.3 Å². The Kier molecular flexibility index (Phi) is 5.80. The molecule has 1 aliphatic rings. The van der Waals surface area contributed by atoms with Gasteiger partial charge in [0, 0.05) is 19.2 Å². The molecule has 0 radical (unpaired) electrons. The van der Waals surface area contributed by atoms with Crippen LogP contribution >= 0.6 is 0 Å². The molecular weight excluding hydrogens is 236 g/mol. The van der Waals surface area contributed by atoms with Crippen LogP contribution in [-0.2, 0) is 17.9 Å². The molecule has 3 heteroatoms. The van der Waals surface area contributed by atoms with Gasteiger partial charge < -0.3 is 10.1 Å². The Hall–Kier alpha value is -0.930. The first kappa shape index (κ1) is 14.5. The minimum atomic E-state index is 0.490. The fourth-order valence-electron chi connectivity index (χ4n) is 2.52. The van der Waals surface area contributed by atoms with Gasteiger partial charge in [0.2, 0.25) is 0 Å². The van der Waals surface area contributed by atoms with Crippen molar-refractivity contribution >= 4 is 0 Å². The number of pyridine rings is 1. The van der Waals surface area contributed by atoms with Crippen molar-refractivity contribution in [2.75, 3.05) is 6.61 Å². The first-order valence-electron chi connectivity index (χ1n) is 7.50. The molecule has 1 N–H and O–H groups in total. The average molecular weight is 262 g/mol. The fraction of sp³-hybridized carbons (Fsp3) is 0.688. The lowest BCUT2D eigenvalue weighted by atomic mass is 10.1. The van der Waals surface area contributed by atoms with E-state index in [1.165, 1.54) is 25.7 Å². The standard InChI is InChI=1S/C16H26N2O/c1-13(2)17-10-15-8-5-9-16(18-15)12-19-11-14-6-3-4-7-14/h5,8-9,13-14,17H,3-4,6-7,10-12H2,1-2H3. The van der Waals surface area contributed by atoms with Crippen LogP contribution < -0.4 is 5.32 Å². The zero-order valence-electron chi connectivity index (χ0n) is 12.2. The third-order valence-corrected chi connectivity index (χ3v) is 3.63. The van der Waals surface area contributed by atoms with Gasteiger partial charge in [0.1, 0.15) is 0 Å². The Morgan fingerprint density at radius 1 is 1.26 bits per heavy atom. The molecular formula is C16H26N2O. The predicted octanol–water partition coefficient (Wildman–Crippen LogP) is 3.29. The zero-order chi connectivity index (χ0) is 13.5. The molecule has 0 saturated heterocycles. The molecule has 3 nitrogen and oxygen atoms in total. The van der Waals surface area contributed by atoms with Crippen LogP contribution in [0.4, 0.5) is 0 Å². The van der Waals surface area contributed by atoms with Gasteiger partial charge in [-0.3, -0.25) is 4.98 Å². The van der Waals surface area contributed by atoms with Crippen LogP contribution in [-0.4, -0.2) is 17.6 Å². The lowest BCUT2D eigenvalue weighted by molar-refractivity contribution is 0.0866. The second-order valence-corrected chi connectivity index (χ2v) is 5.82. The molecule has 1 aromatic heterocycles. The molecule has 106 valence electrons. The Balaban J connectivity index is 1.74. The Morgan fingerprint density at radius 2 is 2.00 bits per heavy atom. The van der Waals surface area contributed by atoms with Gasteiger partial charge >= 0.3 is 0 Å². The summed E-state index contributed by atoms with van der Waals surface area (Å²) in [7, 11) is 0. The maximum absolute atomic E-state index is 5.80. The van der Waals surface area contributed by atoms with E-state index in [9.17, 15) is 0 Å². The topological polar surface area (TPSA) is 34.1 Å². The van der Waals surface area contributed by atoms with Gasteiger partial charge in [0.05, 0.1) is 18.0 Å². The van der Waals surface area contributed by atoms with E-state index >= 15 is 0 Å². The van der Waals surface area contributed by atoms with Crippen LogP contribution in [0.1, 0.15) is 50.9 Å². The van der Waals surface area contributed by atoms with Crippen LogP contribution in [0, 0.1) is 5.92 Å². The molecule has 1 aromatic rings. The summed E-state index contributed by atoms with van der Waals surface area (Å²) in [6.07, 6.45) is 5.43. The van der Waals surface area contributed by atoms with Crippen molar-refractivity contribution < 1.29 is 4.74 Å². The highest BCUT2D eigenvalue weighted by Crippen LogP contribution is 2.24. The number of nitrogens with zero attached hydrogens (tertiary/aromatic N) is 1. The summed E-state index contributed by atoms with van der Waals surface area (Å²) >= 11 is 0. The van der Waals surface area contributed by atoms with E-state index in [0.29, 0.717) is 12.6 Å². The van der Waals surface area contributed by atoms with E-state index in [-0.39, 0.29) is 0 Å². The number of nitrogens with one attached hydrogen (secondary N) is 1. The van der Waals surface area contributed by atoms with Crippen LogP contribution in [0.15, 0.2) is 18.2 Å². The van der Waals surface area contributed by atoms with Crippen molar-refractivity contribution in [1.29, 1.82) is 0 Å². The van der Waals surface area contributed by atoms with E-state index < -0.39 is 0 Å². The van der Waals surface area contributed by atoms with Gasteiger partial charge in [-0.15, -0.1) is 0 Å². The van der Waals surface area contributed by atoms with E-state index in [0.717, 1.165) is 30.5 Å². The first-order valence-corrected chi connectivity index (χ1v) is 7.50. The summed E-state index contributed by atoms with van der Waals surface area (Å²) < 4.78 is 5.80. The van der Waals surface area contributed by atoms with Crippen LogP contribution in [0.25, 0.3) is 0 Å². The third-order valence-electron chi connectivity index (χ3n) is 3.63. The number of hydrogen-bond acceptors (Lipinski definition) is 3. The minimum absolute atomic E-state index is 0.490. The molecule has 1 fully saturated rings. The van der Waals surface area contributed by atoms with E-state index in [1.807, 2.05) is 6.07 Å². The van der Waals surface area contributed by atoms with Gasteiger partial charge in [-0.2, -0.15) is 0 Å². The minimum Gasteiger partial charge on any atom is -0.375 e. The number of aromatic nitrogens is 1. The number of ether oxygens (including phenoxy) is 1. The first-order chi connectivity index (χ1) is 9.24. The van der Waals surface area contributed by atoms with Crippen molar-refractivity contribution in [2.45, 2.75) is 58.7 Å². The molecule has 0 amide bonds. The Labute approximate surface area is 116 Å². The maximum atomic E-state index is 5.80. The van der Waals surface area contributed by atoms with Crippen molar-refractivity contribution in [3.8, 4) is 0 Å². The van der Waals surface area contributed by atoms with Crippen LogP contribution in [0.2, 0.25) is 0 Å². The average Bonchev–Trinajstić information content (AvgIpc) is 2.90. The fourth-order valence-corrected chi connectivity index (χ4v) is 2.52. The molecule has 0 aliphatic heterocycles. The molecule has 1 aliphatic carbocycles. The molecule has 0 bridgehead atoms. The van der Waals surface area contributed by atoms with Crippen LogP contribution in [0.3, 0.4) is 0 Å². The quantitative estimate of drug-likeness (QED) is 0.819. The molecule has 1 saturated carbocycles. The normalized spacial score (nSPS) is 16.4. The molecule has 2 rings (SSSR count). The highest BCUT2D eigenvalue weighted by atomic mass is 16.5. The highest BCUT2D eigenvalue weighted by molar-refractivity contribution is 5.10. The summed E-state index contributed by atoms with van der Waals surface area (Å²) in [5, 5.41) is 3.39. The molecule has 19 heavy (non-hydrogen) atoms. The monoisotopic (exact) mass is 262 g/mol. The largest absolute Gasteiger partial charge is 0.375 e. The molecule has 0 aromatic carbocycles. The smallest absolute Gasteiger partial charge is 0.0888 e. The van der Waals surface area contributed by atoms with Gasteiger partial charge in [-0.25, -0.2) is 0 Å². The van der Waals surface area contributed by atoms with Crippen molar-refractivity contribution in [3.05, 3.63) is 29.6 Å². The van der Waals surface area contributed by atoms with Gasteiger partial charge in [-0.1, -0.05) is 32.8 Å². The zero-order valence-corrected chi connectivity index (χ0v) is 12.2. The summed E-state index contributed by atoms with van der Waals surface area (Å²) in [5.41, 5.74) is 2.14. The lowest BCUT2D eigenvalue weighted by Gasteiger charge is -2.11. The highest BCUT2D eigenvalue weighted by Gasteiger charge is 2.14. The molecule has 0 atom stereocenters. The molecule has 0 spiro atoms. The summed E-state index contributed by atoms with van der Waals surface area (Å²) in [6, 6.07) is 6.67. The van der Waals surface area contributed by atoms with E-state index in [4.69, 9.17) is 4.74 Å². The number of hydrogen-bond donors (Lipinski definition) is 1. The van der Waals surface area contributed by atoms with Crippen LogP contribution in [0.5, 0.6) is 0 Å². The van der Waals surface area contributed by atoms with E-state index in [2.05, 4.69) is 36.3 Å². The maximum Gasteiger partial charge on any atom is 0.0888 e. The van der Waals surface area contributed by atoms with Gasteiger partial charge in [0.15, 0.2) is 0 Å². The van der Waals surface area contributed by atoms with Gasteiger partial charge in [0.25, 0.3) is 0 Å². The number of rotatable bonds is 7. The summed E-state index contributed by atoms with van der Waals surface area (Å²) in [6.45, 7) is 6.67. The Morgan fingerprint density at radius 3 is 2.74 bits per heavy atom. The molecule has 0 unspecified atom stereocenters. The van der Waals surface area contributed by atoms with Crippen molar-refractivity contribution in [2.24, 2.45) is 5.92 Å². The van der Waals surface area contributed by atoms with E-state index in [1.54, 1.807) is 0 Å².